The van der Waals surface area contributed by atoms with Crippen molar-refractivity contribution in [2.75, 3.05) is 0 Å². The van der Waals surface area contributed by atoms with Crippen LogP contribution in [-0.2, 0) is 9.59 Å². The smallest absolute Gasteiger partial charge is 0.326 e. The van der Waals surface area contributed by atoms with Crippen molar-refractivity contribution in [3.63, 3.8) is 0 Å². The number of rotatable bonds is 7. The van der Waals surface area contributed by atoms with Crippen LogP contribution >= 0.6 is 0 Å². The van der Waals surface area contributed by atoms with Crippen molar-refractivity contribution in [2.45, 2.75) is 32.2 Å². The highest BCUT2D eigenvalue weighted by molar-refractivity contribution is 6.16. The van der Waals surface area contributed by atoms with Crippen LogP contribution in [0.3, 0.4) is 0 Å². The summed E-state index contributed by atoms with van der Waals surface area (Å²) < 4.78 is 0. The van der Waals surface area contributed by atoms with Gasteiger partial charge < -0.3 is 10.4 Å². The van der Waals surface area contributed by atoms with Crippen LogP contribution in [0.25, 0.3) is 21.8 Å². The first-order valence-electron chi connectivity index (χ1n) is 8.84. The molecule has 1 amide bonds. The van der Waals surface area contributed by atoms with E-state index >= 15 is 0 Å². The Morgan fingerprint density at radius 3 is 2.07 bits per heavy atom. The quantitative estimate of drug-likeness (QED) is 0.627. The highest BCUT2D eigenvalue weighted by Crippen LogP contribution is 2.26. The van der Waals surface area contributed by atoms with Crippen LogP contribution in [0.4, 0.5) is 0 Å². The predicted molar refractivity (Wildman–Crippen MR) is 103 cm³/mol. The third-order valence-electron chi connectivity index (χ3n) is 4.52. The summed E-state index contributed by atoms with van der Waals surface area (Å²) in [4.78, 5) is 40.7. The molecule has 138 valence electrons. The molecule has 0 saturated carbocycles. The standard InChI is InChI=1S/C21H20N2O4/c1-2-13(24)11-12-18(21(26)27)23-20(25)19-14-7-3-5-9-16(14)22-17-10-6-4-8-15(17)19/h3-10,18H,2,11-12H2,1H3,(H,23,25)(H,26,27)/t18-/m1/s1. The summed E-state index contributed by atoms with van der Waals surface area (Å²) in [6, 6.07) is 13.4. The zero-order chi connectivity index (χ0) is 19.4. The molecule has 3 aromatic rings. The average molecular weight is 364 g/mol. The maximum Gasteiger partial charge on any atom is 0.326 e. The maximum absolute atomic E-state index is 13.0. The van der Waals surface area contributed by atoms with Crippen LogP contribution in [-0.4, -0.2) is 33.8 Å². The zero-order valence-corrected chi connectivity index (χ0v) is 14.9. The molecule has 0 radical (unpaired) electrons. The van der Waals surface area contributed by atoms with Gasteiger partial charge in [0.05, 0.1) is 16.6 Å². The van der Waals surface area contributed by atoms with Gasteiger partial charge in [0.1, 0.15) is 11.8 Å². The number of ketones is 1. The van der Waals surface area contributed by atoms with E-state index in [9.17, 15) is 19.5 Å². The molecule has 1 aromatic heterocycles. The Morgan fingerprint density at radius 2 is 1.56 bits per heavy atom. The molecule has 27 heavy (non-hydrogen) atoms. The molecule has 0 aliphatic heterocycles. The minimum Gasteiger partial charge on any atom is -0.480 e. The number of pyridine rings is 1. The van der Waals surface area contributed by atoms with Gasteiger partial charge in [-0.25, -0.2) is 9.78 Å². The first kappa shape index (κ1) is 18.5. The maximum atomic E-state index is 13.0. The second kappa shape index (κ2) is 7.95. The molecule has 0 saturated heterocycles. The fraction of sp³-hybridized carbons (Fsp3) is 0.238. The Balaban J connectivity index is 2.00. The summed E-state index contributed by atoms with van der Waals surface area (Å²) >= 11 is 0. The van der Waals surface area contributed by atoms with E-state index in [1.807, 2.05) is 36.4 Å². The fourth-order valence-electron chi connectivity index (χ4n) is 3.05. The number of fused-ring (bicyclic) bond motifs is 2. The van der Waals surface area contributed by atoms with Crippen molar-refractivity contribution >= 4 is 39.5 Å². The lowest BCUT2D eigenvalue weighted by Gasteiger charge is -2.16. The first-order valence-corrected chi connectivity index (χ1v) is 8.84. The highest BCUT2D eigenvalue weighted by Gasteiger charge is 2.24. The number of benzene rings is 2. The second-order valence-corrected chi connectivity index (χ2v) is 6.32. The van der Waals surface area contributed by atoms with E-state index in [2.05, 4.69) is 10.3 Å². The monoisotopic (exact) mass is 364 g/mol. The van der Waals surface area contributed by atoms with E-state index in [-0.39, 0.29) is 18.6 Å². The summed E-state index contributed by atoms with van der Waals surface area (Å²) in [5, 5.41) is 13.3. The summed E-state index contributed by atoms with van der Waals surface area (Å²) in [6.45, 7) is 1.73. The van der Waals surface area contributed by atoms with Gasteiger partial charge in [-0.3, -0.25) is 9.59 Å². The number of Topliss-reactive ketones (excluding diaryl/α,β-unsaturated/α-hetero) is 1. The molecular weight excluding hydrogens is 344 g/mol. The first-order chi connectivity index (χ1) is 13.0. The van der Waals surface area contributed by atoms with Gasteiger partial charge in [-0.1, -0.05) is 43.3 Å². The van der Waals surface area contributed by atoms with Crippen molar-refractivity contribution in [3.05, 3.63) is 54.1 Å². The third-order valence-corrected chi connectivity index (χ3v) is 4.52. The summed E-state index contributed by atoms with van der Waals surface area (Å²) in [5.41, 5.74) is 1.72. The molecule has 0 aliphatic carbocycles. The van der Waals surface area contributed by atoms with E-state index in [0.29, 0.717) is 33.8 Å². The number of carbonyl (C=O) groups is 3. The number of nitrogens with zero attached hydrogens (tertiary/aromatic N) is 1. The molecule has 1 atom stereocenters. The molecule has 0 fully saturated rings. The number of carboxylic acids is 1. The fourth-order valence-corrected chi connectivity index (χ4v) is 3.05. The van der Waals surface area contributed by atoms with Gasteiger partial charge in [-0.2, -0.15) is 0 Å². The number of aliphatic carboxylic acids is 1. The molecule has 0 aliphatic rings. The third kappa shape index (κ3) is 3.95. The van der Waals surface area contributed by atoms with Crippen LogP contribution in [0.1, 0.15) is 36.5 Å². The molecule has 2 N–H and O–H groups in total. The normalized spacial score (nSPS) is 12.0. The van der Waals surface area contributed by atoms with Gasteiger partial charge in [0.25, 0.3) is 5.91 Å². The Kier molecular flexibility index (Phi) is 5.45. The van der Waals surface area contributed by atoms with Crippen molar-refractivity contribution in [1.29, 1.82) is 0 Å². The molecule has 2 aromatic carbocycles. The van der Waals surface area contributed by atoms with E-state index < -0.39 is 17.9 Å². The lowest BCUT2D eigenvalue weighted by molar-refractivity contribution is -0.139. The van der Waals surface area contributed by atoms with Crippen molar-refractivity contribution in [1.82, 2.24) is 10.3 Å². The van der Waals surface area contributed by atoms with Crippen LogP contribution in [0.2, 0.25) is 0 Å². The van der Waals surface area contributed by atoms with E-state index in [0.717, 1.165) is 0 Å². The number of hydrogen-bond donors (Lipinski definition) is 2. The summed E-state index contributed by atoms with van der Waals surface area (Å²) in [7, 11) is 0. The average Bonchev–Trinajstić information content (AvgIpc) is 2.68. The Hall–Kier alpha value is -3.28. The SMILES string of the molecule is CCC(=O)CC[C@@H](NC(=O)c1c2ccccc2nc2ccccc12)C(=O)O. The minimum atomic E-state index is -1.16. The number of hydrogen-bond acceptors (Lipinski definition) is 4. The summed E-state index contributed by atoms with van der Waals surface area (Å²) in [5.74, 6) is -1.67. The molecule has 1 heterocycles. The molecule has 6 nitrogen and oxygen atoms in total. The molecule has 6 heteroatoms. The Labute approximate surface area is 156 Å². The predicted octanol–water partition coefficient (Wildman–Crippen LogP) is 3.33. The molecule has 0 spiro atoms. The molecule has 0 bridgehead atoms. The molecular formula is C21H20N2O4. The number of carbonyl (C=O) groups excluding carboxylic acids is 2. The zero-order valence-electron chi connectivity index (χ0n) is 14.9. The van der Waals surface area contributed by atoms with Crippen molar-refractivity contribution < 1.29 is 19.5 Å². The van der Waals surface area contributed by atoms with Crippen molar-refractivity contribution in [3.8, 4) is 0 Å². The lowest BCUT2D eigenvalue weighted by Crippen LogP contribution is -2.41. The van der Waals surface area contributed by atoms with E-state index in [1.54, 1.807) is 19.1 Å². The Morgan fingerprint density at radius 1 is 1.00 bits per heavy atom. The van der Waals surface area contributed by atoms with Crippen LogP contribution in [0.5, 0.6) is 0 Å². The summed E-state index contributed by atoms with van der Waals surface area (Å²) in [6.07, 6.45) is 0.528. The van der Waals surface area contributed by atoms with Gasteiger partial charge in [-0.15, -0.1) is 0 Å². The van der Waals surface area contributed by atoms with Gasteiger partial charge in [-0.05, 0) is 18.6 Å². The van der Waals surface area contributed by atoms with E-state index in [4.69, 9.17) is 0 Å². The number of nitrogens with one attached hydrogen (secondary N) is 1. The largest absolute Gasteiger partial charge is 0.480 e. The van der Waals surface area contributed by atoms with Crippen LogP contribution in [0.15, 0.2) is 48.5 Å². The van der Waals surface area contributed by atoms with Gasteiger partial charge >= 0.3 is 5.97 Å². The minimum absolute atomic E-state index is 0.0321. The number of para-hydroxylation sites is 2. The number of aromatic nitrogens is 1. The van der Waals surface area contributed by atoms with Crippen molar-refractivity contribution in [2.24, 2.45) is 0 Å². The Bertz CT molecular complexity index is 975. The second-order valence-electron chi connectivity index (χ2n) is 6.32. The number of carboxylic acid groups (broad SMARTS) is 1. The van der Waals surface area contributed by atoms with Gasteiger partial charge in [0.15, 0.2) is 0 Å². The van der Waals surface area contributed by atoms with Crippen LogP contribution < -0.4 is 5.32 Å². The van der Waals surface area contributed by atoms with E-state index in [1.165, 1.54) is 0 Å². The lowest BCUT2D eigenvalue weighted by atomic mass is 10.0. The van der Waals surface area contributed by atoms with Gasteiger partial charge in [0.2, 0.25) is 0 Å². The van der Waals surface area contributed by atoms with Crippen LogP contribution in [0, 0.1) is 0 Å². The van der Waals surface area contributed by atoms with Gasteiger partial charge in [0, 0.05) is 23.6 Å². The molecule has 0 unspecified atom stereocenters. The molecule has 3 rings (SSSR count). The topological polar surface area (TPSA) is 96.4 Å². The number of amides is 1. The highest BCUT2D eigenvalue weighted by atomic mass is 16.4.